The van der Waals surface area contributed by atoms with Crippen LogP contribution in [0.2, 0.25) is 0 Å². The van der Waals surface area contributed by atoms with E-state index in [9.17, 15) is 9.59 Å². The highest BCUT2D eigenvalue weighted by Crippen LogP contribution is 2.30. The summed E-state index contributed by atoms with van der Waals surface area (Å²) < 4.78 is 0.947. The molecular formula is C16H11BrO2. The molecule has 0 atom stereocenters. The molecular weight excluding hydrogens is 304 g/mol. The van der Waals surface area contributed by atoms with Crippen LogP contribution in [0, 0.1) is 0 Å². The van der Waals surface area contributed by atoms with E-state index in [1.807, 2.05) is 6.08 Å². The second kappa shape index (κ2) is 4.74. The van der Waals surface area contributed by atoms with Crippen molar-refractivity contribution in [3.63, 3.8) is 0 Å². The lowest BCUT2D eigenvalue weighted by Crippen LogP contribution is -2.02. The van der Waals surface area contributed by atoms with E-state index in [2.05, 4.69) is 22.0 Å². The number of halogens is 1. The molecule has 0 saturated heterocycles. The van der Waals surface area contributed by atoms with Gasteiger partial charge in [-0.15, -0.1) is 0 Å². The Hall–Kier alpha value is -1.74. The molecule has 3 heteroatoms. The van der Waals surface area contributed by atoms with Gasteiger partial charge in [0.25, 0.3) is 0 Å². The van der Waals surface area contributed by atoms with Crippen molar-refractivity contribution in [2.45, 2.75) is 12.8 Å². The number of rotatable bonds is 1. The first-order valence-electron chi connectivity index (χ1n) is 6.14. The first-order valence-corrected chi connectivity index (χ1v) is 6.93. The Morgan fingerprint density at radius 3 is 2.26 bits per heavy atom. The van der Waals surface area contributed by atoms with E-state index < -0.39 is 0 Å². The number of ketones is 2. The van der Waals surface area contributed by atoms with E-state index in [1.165, 1.54) is 0 Å². The maximum absolute atomic E-state index is 12.2. The first-order chi connectivity index (χ1) is 9.18. The highest BCUT2D eigenvalue weighted by atomic mass is 79.9. The van der Waals surface area contributed by atoms with Gasteiger partial charge in [0.2, 0.25) is 0 Å². The average Bonchev–Trinajstić information content (AvgIpc) is 2.67. The molecule has 0 aromatic heterocycles. The second-order valence-electron chi connectivity index (χ2n) is 4.58. The maximum Gasteiger partial charge on any atom is 0.197 e. The summed E-state index contributed by atoms with van der Waals surface area (Å²) >= 11 is 3.46. The summed E-state index contributed by atoms with van der Waals surface area (Å²) in [6, 6.07) is 6.98. The summed E-state index contributed by atoms with van der Waals surface area (Å²) in [4.78, 5) is 24.5. The lowest BCUT2D eigenvalue weighted by molar-refractivity contribution is 0.0988. The molecule has 19 heavy (non-hydrogen) atoms. The molecule has 0 N–H and O–H groups in total. The van der Waals surface area contributed by atoms with Crippen LogP contribution in [0.4, 0.5) is 0 Å². The molecule has 3 rings (SSSR count). The van der Waals surface area contributed by atoms with Crippen LogP contribution >= 0.6 is 15.9 Å². The van der Waals surface area contributed by atoms with Crippen LogP contribution in [0.15, 0.2) is 58.1 Å². The number of allylic oxidation sites excluding steroid dienone is 6. The average molecular weight is 315 g/mol. The Morgan fingerprint density at radius 1 is 1.05 bits per heavy atom. The summed E-state index contributed by atoms with van der Waals surface area (Å²) in [6.07, 6.45) is 7.55. The predicted octanol–water partition coefficient (Wildman–Crippen LogP) is 3.99. The Labute approximate surface area is 119 Å². The molecule has 2 nitrogen and oxygen atoms in total. The molecule has 94 valence electrons. The third-order valence-corrected chi connectivity index (χ3v) is 4.15. The number of fused-ring (bicyclic) bond motifs is 1. The van der Waals surface area contributed by atoms with Gasteiger partial charge in [-0.2, -0.15) is 0 Å². The summed E-state index contributed by atoms with van der Waals surface area (Å²) in [5.41, 5.74) is 2.32. The fraction of sp³-hybridized carbons (Fsp3) is 0.125. The molecule has 1 aromatic rings. The zero-order valence-electron chi connectivity index (χ0n) is 10.2. The third-order valence-electron chi connectivity index (χ3n) is 3.38. The summed E-state index contributed by atoms with van der Waals surface area (Å²) in [6.45, 7) is 0. The van der Waals surface area contributed by atoms with Crippen molar-refractivity contribution in [2.75, 3.05) is 0 Å². The van der Waals surface area contributed by atoms with E-state index in [0.29, 0.717) is 11.1 Å². The van der Waals surface area contributed by atoms with E-state index >= 15 is 0 Å². The standard InChI is InChI=1S/C16H11BrO2/c17-14-8-4-1-5-10(14)9-13-15(18)11-6-2-3-7-12(11)16(13)19/h2-4,6-9H,1,5H2. The minimum absolute atomic E-state index is 0.164. The molecule has 0 amide bonds. The maximum atomic E-state index is 12.2. The predicted molar refractivity (Wildman–Crippen MR) is 77.5 cm³/mol. The highest BCUT2D eigenvalue weighted by molar-refractivity contribution is 9.11. The molecule has 0 saturated carbocycles. The number of Topliss-reactive ketones (excluding diaryl/α,β-unsaturated/α-hetero) is 2. The van der Waals surface area contributed by atoms with E-state index in [1.54, 1.807) is 30.3 Å². The molecule has 0 fully saturated rings. The van der Waals surface area contributed by atoms with Gasteiger partial charge >= 0.3 is 0 Å². The van der Waals surface area contributed by atoms with Crippen LogP contribution < -0.4 is 0 Å². The molecule has 2 aliphatic carbocycles. The molecule has 0 spiro atoms. The molecule has 1 aromatic carbocycles. The van der Waals surface area contributed by atoms with Crippen molar-refractivity contribution in [1.29, 1.82) is 0 Å². The van der Waals surface area contributed by atoms with Crippen LogP contribution in [-0.4, -0.2) is 11.6 Å². The number of hydrogen-bond donors (Lipinski definition) is 0. The number of carbonyl (C=O) groups is 2. The lowest BCUT2D eigenvalue weighted by atomic mass is 10.0. The van der Waals surface area contributed by atoms with Gasteiger partial charge < -0.3 is 0 Å². The number of hydrogen-bond acceptors (Lipinski definition) is 2. The zero-order valence-corrected chi connectivity index (χ0v) is 11.7. The smallest absolute Gasteiger partial charge is 0.197 e. The summed E-state index contributed by atoms with van der Waals surface area (Å²) in [5.74, 6) is -0.328. The molecule has 0 radical (unpaired) electrons. The molecule has 0 unspecified atom stereocenters. The highest BCUT2D eigenvalue weighted by Gasteiger charge is 2.32. The Bertz CT molecular complexity index is 641. The van der Waals surface area contributed by atoms with Crippen molar-refractivity contribution >= 4 is 27.5 Å². The summed E-state index contributed by atoms with van der Waals surface area (Å²) in [5, 5.41) is 0. The van der Waals surface area contributed by atoms with Gasteiger partial charge in [0.1, 0.15) is 0 Å². The number of carbonyl (C=O) groups excluding carboxylic acids is 2. The van der Waals surface area contributed by atoms with Crippen molar-refractivity contribution in [2.24, 2.45) is 0 Å². The van der Waals surface area contributed by atoms with Crippen LogP contribution in [0.5, 0.6) is 0 Å². The van der Waals surface area contributed by atoms with Crippen LogP contribution in [0.3, 0.4) is 0 Å². The van der Waals surface area contributed by atoms with Gasteiger partial charge in [0.05, 0.1) is 5.57 Å². The monoisotopic (exact) mass is 314 g/mol. The molecule has 2 aliphatic rings. The summed E-state index contributed by atoms with van der Waals surface area (Å²) in [7, 11) is 0. The largest absolute Gasteiger partial charge is 0.288 e. The SMILES string of the molecule is O=C1C(=CC2=C(Br)C=CCC2)C(=O)c2ccccc21. The van der Waals surface area contributed by atoms with Crippen LogP contribution in [0.25, 0.3) is 0 Å². The van der Waals surface area contributed by atoms with Gasteiger partial charge in [-0.25, -0.2) is 0 Å². The van der Waals surface area contributed by atoms with Crippen LogP contribution in [0.1, 0.15) is 33.6 Å². The van der Waals surface area contributed by atoms with Crippen LogP contribution in [-0.2, 0) is 0 Å². The van der Waals surface area contributed by atoms with Crippen molar-refractivity contribution in [1.82, 2.24) is 0 Å². The molecule has 0 aliphatic heterocycles. The lowest BCUT2D eigenvalue weighted by Gasteiger charge is -2.08. The van der Waals surface area contributed by atoms with Gasteiger partial charge in [-0.1, -0.05) is 52.3 Å². The van der Waals surface area contributed by atoms with Crippen molar-refractivity contribution < 1.29 is 9.59 Å². The number of benzene rings is 1. The minimum Gasteiger partial charge on any atom is -0.288 e. The van der Waals surface area contributed by atoms with Gasteiger partial charge in [-0.05, 0) is 24.5 Å². The van der Waals surface area contributed by atoms with E-state index in [0.717, 1.165) is 22.9 Å². The van der Waals surface area contributed by atoms with E-state index in [4.69, 9.17) is 0 Å². The van der Waals surface area contributed by atoms with Gasteiger partial charge in [0.15, 0.2) is 11.6 Å². The fourth-order valence-electron chi connectivity index (χ4n) is 2.37. The van der Waals surface area contributed by atoms with Gasteiger partial charge in [0, 0.05) is 15.6 Å². The van der Waals surface area contributed by atoms with Crippen molar-refractivity contribution in [3.05, 3.63) is 69.2 Å². The molecule has 0 bridgehead atoms. The van der Waals surface area contributed by atoms with E-state index in [-0.39, 0.29) is 17.1 Å². The normalized spacial score (nSPS) is 18.1. The Kier molecular flexibility index (Phi) is 3.07. The van der Waals surface area contributed by atoms with Crippen molar-refractivity contribution in [3.8, 4) is 0 Å². The second-order valence-corrected chi connectivity index (χ2v) is 5.43. The fourth-order valence-corrected chi connectivity index (χ4v) is 2.87. The topological polar surface area (TPSA) is 34.1 Å². The Morgan fingerprint density at radius 2 is 1.68 bits per heavy atom. The Balaban J connectivity index is 2.07. The first kappa shape index (κ1) is 12.3. The quantitative estimate of drug-likeness (QED) is 0.580. The molecule has 0 heterocycles. The third kappa shape index (κ3) is 2.04. The minimum atomic E-state index is -0.164. The van der Waals surface area contributed by atoms with Gasteiger partial charge in [-0.3, -0.25) is 9.59 Å². The zero-order chi connectivity index (χ0) is 13.4.